The van der Waals surface area contributed by atoms with Crippen LogP contribution in [0.4, 0.5) is 0 Å². The Morgan fingerprint density at radius 2 is 1.94 bits per heavy atom. The van der Waals surface area contributed by atoms with Gasteiger partial charge in [-0.15, -0.1) is 0 Å². The molecule has 0 radical (unpaired) electrons. The van der Waals surface area contributed by atoms with E-state index in [1.54, 1.807) is 7.11 Å². The van der Waals surface area contributed by atoms with Crippen molar-refractivity contribution in [1.29, 1.82) is 0 Å². The number of methoxy groups -OCH3 is 1. The molecule has 0 saturated heterocycles. The molecule has 0 amide bonds. The van der Waals surface area contributed by atoms with Gasteiger partial charge in [-0.05, 0) is 37.6 Å². The number of ether oxygens (including phenoxy) is 2. The molecule has 0 aliphatic rings. The van der Waals surface area contributed by atoms with Crippen molar-refractivity contribution in [3.05, 3.63) is 35.9 Å². The van der Waals surface area contributed by atoms with Gasteiger partial charge in [-0.3, -0.25) is 0 Å². The molecule has 18 heavy (non-hydrogen) atoms. The van der Waals surface area contributed by atoms with Crippen LogP contribution < -0.4 is 10.1 Å². The highest BCUT2D eigenvalue weighted by atomic mass is 16.5. The molecule has 0 atom stereocenters. The van der Waals surface area contributed by atoms with Crippen LogP contribution in [0.1, 0.15) is 18.9 Å². The third-order valence-corrected chi connectivity index (χ3v) is 2.47. The molecular weight excluding hydrogens is 226 g/mol. The third-order valence-electron chi connectivity index (χ3n) is 2.47. The standard InChI is InChI=1S/C15H23NO2/c1-3-18-15-9-7-14(8-10-15)6-4-5-11-16-12-13-17-2/h4,6-10,16H,3,5,11-13H2,1-2H3. The molecular formula is C15H23NO2. The normalized spacial score (nSPS) is 11.0. The second-order valence-corrected chi connectivity index (χ2v) is 3.94. The van der Waals surface area contributed by atoms with E-state index >= 15 is 0 Å². The summed E-state index contributed by atoms with van der Waals surface area (Å²) in [7, 11) is 1.72. The summed E-state index contributed by atoms with van der Waals surface area (Å²) in [5, 5.41) is 3.30. The maximum atomic E-state index is 5.40. The molecule has 0 spiro atoms. The van der Waals surface area contributed by atoms with Crippen LogP contribution in [-0.2, 0) is 4.74 Å². The molecule has 0 heterocycles. The van der Waals surface area contributed by atoms with Crippen molar-refractivity contribution in [2.75, 3.05) is 33.4 Å². The minimum Gasteiger partial charge on any atom is -0.494 e. The summed E-state index contributed by atoms with van der Waals surface area (Å²) in [6, 6.07) is 8.14. The van der Waals surface area contributed by atoms with Crippen LogP contribution in [0.5, 0.6) is 5.75 Å². The lowest BCUT2D eigenvalue weighted by Gasteiger charge is -2.02. The second-order valence-electron chi connectivity index (χ2n) is 3.94. The first-order valence-corrected chi connectivity index (χ1v) is 6.46. The monoisotopic (exact) mass is 249 g/mol. The largest absolute Gasteiger partial charge is 0.494 e. The van der Waals surface area contributed by atoms with Crippen molar-refractivity contribution in [3.8, 4) is 5.75 Å². The Labute approximate surface area is 110 Å². The molecule has 0 aliphatic heterocycles. The van der Waals surface area contributed by atoms with Crippen LogP contribution in [-0.4, -0.2) is 33.4 Å². The number of hydrogen-bond donors (Lipinski definition) is 1. The van der Waals surface area contributed by atoms with Crippen LogP contribution in [0.2, 0.25) is 0 Å². The summed E-state index contributed by atoms with van der Waals surface area (Å²) in [4.78, 5) is 0. The van der Waals surface area contributed by atoms with E-state index in [2.05, 4.69) is 29.6 Å². The minimum atomic E-state index is 0.711. The Kier molecular flexibility index (Phi) is 7.93. The van der Waals surface area contributed by atoms with Crippen LogP contribution >= 0.6 is 0 Å². The van der Waals surface area contributed by atoms with Crippen LogP contribution in [0, 0.1) is 0 Å². The van der Waals surface area contributed by atoms with Crippen molar-refractivity contribution in [2.24, 2.45) is 0 Å². The lowest BCUT2D eigenvalue weighted by Crippen LogP contribution is -2.19. The zero-order valence-corrected chi connectivity index (χ0v) is 11.3. The van der Waals surface area contributed by atoms with Gasteiger partial charge in [0.25, 0.3) is 0 Å². The molecule has 3 heteroatoms. The summed E-state index contributed by atoms with van der Waals surface area (Å²) in [5.74, 6) is 0.927. The topological polar surface area (TPSA) is 30.5 Å². The van der Waals surface area contributed by atoms with E-state index in [1.807, 2.05) is 19.1 Å². The molecule has 1 aromatic rings. The van der Waals surface area contributed by atoms with Gasteiger partial charge in [0.2, 0.25) is 0 Å². The van der Waals surface area contributed by atoms with Gasteiger partial charge in [0, 0.05) is 13.7 Å². The highest BCUT2D eigenvalue weighted by molar-refractivity contribution is 5.50. The summed E-state index contributed by atoms with van der Waals surface area (Å²) in [6.07, 6.45) is 5.33. The van der Waals surface area contributed by atoms with Crippen LogP contribution in [0.25, 0.3) is 6.08 Å². The molecule has 0 fully saturated rings. The van der Waals surface area contributed by atoms with Gasteiger partial charge in [-0.25, -0.2) is 0 Å². The lowest BCUT2D eigenvalue weighted by atomic mass is 10.2. The van der Waals surface area contributed by atoms with Gasteiger partial charge in [-0.2, -0.15) is 0 Å². The zero-order chi connectivity index (χ0) is 13.1. The van der Waals surface area contributed by atoms with E-state index in [0.717, 1.165) is 31.9 Å². The van der Waals surface area contributed by atoms with Gasteiger partial charge in [0.15, 0.2) is 0 Å². The third kappa shape index (κ3) is 6.42. The first-order chi connectivity index (χ1) is 8.86. The predicted molar refractivity (Wildman–Crippen MR) is 76.0 cm³/mol. The maximum absolute atomic E-state index is 5.40. The quantitative estimate of drug-likeness (QED) is 0.683. The average Bonchev–Trinajstić information content (AvgIpc) is 2.40. The van der Waals surface area contributed by atoms with E-state index in [0.29, 0.717) is 6.61 Å². The zero-order valence-electron chi connectivity index (χ0n) is 11.3. The first-order valence-electron chi connectivity index (χ1n) is 6.46. The summed E-state index contributed by atoms with van der Waals surface area (Å²) in [6.45, 7) is 5.36. The summed E-state index contributed by atoms with van der Waals surface area (Å²) in [5.41, 5.74) is 1.20. The number of hydrogen-bond acceptors (Lipinski definition) is 3. The smallest absolute Gasteiger partial charge is 0.119 e. The highest BCUT2D eigenvalue weighted by Gasteiger charge is 1.91. The summed E-state index contributed by atoms with van der Waals surface area (Å²) < 4.78 is 10.4. The molecule has 100 valence electrons. The highest BCUT2D eigenvalue weighted by Crippen LogP contribution is 2.13. The fraction of sp³-hybridized carbons (Fsp3) is 0.467. The van der Waals surface area contributed by atoms with Crippen molar-refractivity contribution >= 4 is 6.08 Å². The maximum Gasteiger partial charge on any atom is 0.119 e. The average molecular weight is 249 g/mol. The molecule has 0 unspecified atom stereocenters. The Morgan fingerprint density at radius 3 is 2.61 bits per heavy atom. The van der Waals surface area contributed by atoms with Crippen molar-refractivity contribution in [2.45, 2.75) is 13.3 Å². The lowest BCUT2D eigenvalue weighted by molar-refractivity contribution is 0.199. The Balaban J connectivity index is 2.20. The SMILES string of the molecule is CCOc1ccc(C=CCCNCCOC)cc1. The Hall–Kier alpha value is -1.32. The minimum absolute atomic E-state index is 0.711. The van der Waals surface area contributed by atoms with Gasteiger partial charge in [-0.1, -0.05) is 24.3 Å². The summed E-state index contributed by atoms with van der Waals surface area (Å²) >= 11 is 0. The van der Waals surface area contributed by atoms with Crippen LogP contribution in [0.15, 0.2) is 30.3 Å². The molecule has 1 aromatic carbocycles. The van der Waals surface area contributed by atoms with Gasteiger partial charge < -0.3 is 14.8 Å². The first kappa shape index (κ1) is 14.7. The molecule has 0 aliphatic carbocycles. The van der Waals surface area contributed by atoms with Crippen molar-refractivity contribution in [3.63, 3.8) is 0 Å². The van der Waals surface area contributed by atoms with Crippen molar-refractivity contribution < 1.29 is 9.47 Å². The van der Waals surface area contributed by atoms with E-state index in [-0.39, 0.29) is 0 Å². The number of benzene rings is 1. The van der Waals surface area contributed by atoms with Crippen molar-refractivity contribution in [1.82, 2.24) is 5.32 Å². The Morgan fingerprint density at radius 1 is 1.17 bits per heavy atom. The van der Waals surface area contributed by atoms with Gasteiger partial charge in [0.1, 0.15) is 5.75 Å². The van der Waals surface area contributed by atoms with Gasteiger partial charge >= 0.3 is 0 Å². The van der Waals surface area contributed by atoms with Crippen LogP contribution in [0.3, 0.4) is 0 Å². The molecule has 1 N–H and O–H groups in total. The molecule has 0 bridgehead atoms. The number of rotatable bonds is 9. The van der Waals surface area contributed by atoms with E-state index in [4.69, 9.17) is 9.47 Å². The number of nitrogens with one attached hydrogen (secondary N) is 1. The van der Waals surface area contributed by atoms with E-state index in [9.17, 15) is 0 Å². The molecule has 0 aromatic heterocycles. The molecule has 1 rings (SSSR count). The predicted octanol–water partition coefficient (Wildman–Crippen LogP) is 2.72. The van der Waals surface area contributed by atoms with Gasteiger partial charge in [0.05, 0.1) is 13.2 Å². The Bertz CT molecular complexity index is 333. The second kappa shape index (κ2) is 9.68. The van der Waals surface area contributed by atoms with E-state index < -0.39 is 0 Å². The fourth-order valence-corrected chi connectivity index (χ4v) is 1.55. The fourth-order valence-electron chi connectivity index (χ4n) is 1.55. The molecule has 3 nitrogen and oxygen atoms in total. The van der Waals surface area contributed by atoms with E-state index in [1.165, 1.54) is 5.56 Å². The molecule has 0 saturated carbocycles.